The van der Waals surface area contributed by atoms with Gasteiger partial charge in [-0.25, -0.2) is 0 Å². The third kappa shape index (κ3) is 3.74. The molecule has 106 valence electrons. The second kappa shape index (κ2) is 6.78. The van der Waals surface area contributed by atoms with Crippen molar-refractivity contribution in [2.75, 3.05) is 6.54 Å². The van der Waals surface area contributed by atoms with E-state index in [-0.39, 0.29) is 5.57 Å². The largest absolute Gasteiger partial charge is 0.457 e. The first-order chi connectivity index (χ1) is 10.1. The number of nitrogens with one attached hydrogen (secondary N) is 1. The van der Waals surface area contributed by atoms with Gasteiger partial charge in [-0.2, -0.15) is 5.26 Å². The van der Waals surface area contributed by atoms with E-state index in [4.69, 9.17) is 21.3 Å². The molecule has 0 spiro atoms. The molecule has 0 saturated carbocycles. The molecule has 1 aromatic carbocycles. The molecule has 5 heteroatoms. The summed E-state index contributed by atoms with van der Waals surface area (Å²) in [6.45, 7) is 2.25. The number of nitriles is 1. The summed E-state index contributed by atoms with van der Waals surface area (Å²) in [5.74, 6) is 0.679. The minimum absolute atomic E-state index is 0.00820. The zero-order chi connectivity index (χ0) is 15.2. The monoisotopic (exact) mass is 300 g/mol. The van der Waals surface area contributed by atoms with E-state index < -0.39 is 5.91 Å². The molecule has 1 N–H and O–H groups in total. The molecule has 0 fully saturated rings. The summed E-state index contributed by atoms with van der Waals surface area (Å²) >= 11 is 5.84. The number of furan rings is 1. The van der Waals surface area contributed by atoms with E-state index in [2.05, 4.69) is 5.32 Å². The van der Waals surface area contributed by atoms with Crippen molar-refractivity contribution in [2.24, 2.45) is 0 Å². The number of nitrogens with zero attached hydrogens (tertiary/aromatic N) is 1. The Hall–Kier alpha value is -2.51. The molecule has 1 amide bonds. The highest BCUT2D eigenvalue weighted by atomic mass is 35.5. The fourth-order valence-electron chi connectivity index (χ4n) is 1.75. The van der Waals surface area contributed by atoms with Crippen LogP contribution in [0.1, 0.15) is 12.7 Å². The minimum atomic E-state index is -0.413. The summed E-state index contributed by atoms with van der Waals surface area (Å²) in [5, 5.41) is 12.2. The number of benzene rings is 1. The van der Waals surface area contributed by atoms with Crippen LogP contribution in [0.15, 0.2) is 46.4 Å². The Morgan fingerprint density at radius 1 is 1.33 bits per heavy atom. The van der Waals surface area contributed by atoms with Crippen molar-refractivity contribution in [1.29, 1.82) is 5.26 Å². The highest BCUT2D eigenvalue weighted by Crippen LogP contribution is 2.24. The van der Waals surface area contributed by atoms with Crippen molar-refractivity contribution in [1.82, 2.24) is 5.32 Å². The molecule has 0 bridgehead atoms. The van der Waals surface area contributed by atoms with Gasteiger partial charge in [-0.15, -0.1) is 0 Å². The fraction of sp³-hybridized carbons (Fsp3) is 0.125. The van der Waals surface area contributed by atoms with Gasteiger partial charge in [0, 0.05) is 23.2 Å². The Kier molecular flexibility index (Phi) is 4.81. The van der Waals surface area contributed by atoms with Gasteiger partial charge < -0.3 is 9.73 Å². The van der Waals surface area contributed by atoms with Gasteiger partial charge in [0.05, 0.1) is 0 Å². The lowest BCUT2D eigenvalue weighted by Crippen LogP contribution is -2.23. The van der Waals surface area contributed by atoms with E-state index >= 15 is 0 Å². The smallest absolute Gasteiger partial charge is 0.262 e. The summed E-state index contributed by atoms with van der Waals surface area (Å²) in [5.41, 5.74) is 0.879. The van der Waals surface area contributed by atoms with Gasteiger partial charge in [0.1, 0.15) is 23.2 Å². The second-order valence-electron chi connectivity index (χ2n) is 4.24. The lowest BCUT2D eigenvalue weighted by molar-refractivity contribution is -0.116. The lowest BCUT2D eigenvalue weighted by atomic mass is 10.2. The molecule has 4 nitrogen and oxygen atoms in total. The van der Waals surface area contributed by atoms with Gasteiger partial charge in [-0.1, -0.05) is 11.6 Å². The van der Waals surface area contributed by atoms with Gasteiger partial charge in [-0.3, -0.25) is 4.79 Å². The van der Waals surface area contributed by atoms with Crippen LogP contribution in [-0.4, -0.2) is 12.5 Å². The highest BCUT2D eigenvalue weighted by Gasteiger charge is 2.09. The lowest BCUT2D eigenvalue weighted by Gasteiger charge is -1.99. The maximum atomic E-state index is 11.6. The summed E-state index contributed by atoms with van der Waals surface area (Å²) < 4.78 is 5.62. The van der Waals surface area contributed by atoms with Gasteiger partial charge >= 0.3 is 0 Å². The molecule has 0 saturated heterocycles. The molecule has 0 aliphatic carbocycles. The molecule has 0 radical (unpaired) electrons. The Morgan fingerprint density at radius 3 is 2.67 bits per heavy atom. The molecule has 2 aromatic rings. The van der Waals surface area contributed by atoms with Crippen LogP contribution in [0.2, 0.25) is 5.02 Å². The van der Waals surface area contributed by atoms with Gasteiger partial charge in [0.25, 0.3) is 5.91 Å². The first-order valence-corrected chi connectivity index (χ1v) is 6.77. The molecule has 1 heterocycles. The van der Waals surface area contributed by atoms with Crippen molar-refractivity contribution in [3.8, 4) is 17.4 Å². The van der Waals surface area contributed by atoms with Crippen LogP contribution in [0, 0.1) is 11.3 Å². The van der Waals surface area contributed by atoms with Crippen LogP contribution in [0.3, 0.4) is 0 Å². The number of hydrogen-bond donors (Lipinski definition) is 1. The maximum Gasteiger partial charge on any atom is 0.262 e. The van der Waals surface area contributed by atoms with Crippen LogP contribution in [-0.2, 0) is 4.79 Å². The van der Waals surface area contributed by atoms with E-state index in [1.54, 1.807) is 31.2 Å². The zero-order valence-corrected chi connectivity index (χ0v) is 12.1. The first-order valence-electron chi connectivity index (χ1n) is 6.40. The quantitative estimate of drug-likeness (QED) is 0.692. The standard InChI is InChI=1S/C16H13ClN2O2/c1-2-19-16(20)12(10-18)9-14-7-8-15(21-14)11-3-5-13(17)6-4-11/h3-9H,2H2,1H3,(H,19,20)/b12-9-. The molecule has 0 aliphatic rings. The van der Waals surface area contributed by atoms with Gasteiger partial charge in [0.15, 0.2) is 0 Å². The number of carbonyl (C=O) groups is 1. The first kappa shape index (κ1) is 14.9. The number of hydrogen-bond acceptors (Lipinski definition) is 3. The summed E-state index contributed by atoms with van der Waals surface area (Å²) in [6, 6.07) is 12.6. The highest BCUT2D eigenvalue weighted by molar-refractivity contribution is 6.30. The van der Waals surface area contributed by atoms with E-state index in [0.29, 0.717) is 23.1 Å². The molecule has 0 atom stereocenters. The third-order valence-electron chi connectivity index (χ3n) is 2.74. The van der Waals surface area contributed by atoms with Crippen molar-refractivity contribution in [2.45, 2.75) is 6.92 Å². The van der Waals surface area contributed by atoms with E-state index in [0.717, 1.165) is 5.56 Å². The Bertz CT molecular complexity index is 709. The molecule has 21 heavy (non-hydrogen) atoms. The maximum absolute atomic E-state index is 11.6. The predicted octanol–water partition coefficient (Wildman–Crippen LogP) is 3.64. The molecule has 2 rings (SSSR count). The number of amides is 1. The summed E-state index contributed by atoms with van der Waals surface area (Å²) in [7, 11) is 0. The van der Waals surface area contributed by atoms with Crippen LogP contribution in [0.4, 0.5) is 0 Å². The van der Waals surface area contributed by atoms with Crippen molar-refractivity contribution in [3.05, 3.63) is 52.8 Å². The Morgan fingerprint density at radius 2 is 2.05 bits per heavy atom. The van der Waals surface area contributed by atoms with E-state index in [1.165, 1.54) is 6.08 Å². The predicted molar refractivity (Wildman–Crippen MR) is 81.4 cm³/mol. The summed E-state index contributed by atoms with van der Waals surface area (Å²) in [6.07, 6.45) is 1.42. The number of likely N-dealkylation sites (N-methyl/N-ethyl adjacent to an activating group) is 1. The van der Waals surface area contributed by atoms with Crippen LogP contribution < -0.4 is 5.32 Å². The average Bonchev–Trinajstić information content (AvgIpc) is 2.94. The van der Waals surface area contributed by atoms with Gasteiger partial charge in [-0.05, 0) is 43.3 Å². The average molecular weight is 301 g/mol. The minimum Gasteiger partial charge on any atom is -0.457 e. The zero-order valence-electron chi connectivity index (χ0n) is 11.4. The second-order valence-corrected chi connectivity index (χ2v) is 4.67. The molecule has 0 unspecified atom stereocenters. The molecular formula is C16H13ClN2O2. The normalized spacial score (nSPS) is 11.0. The number of halogens is 1. The number of rotatable bonds is 4. The topological polar surface area (TPSA) is 66.0 Å². The van der Waals surface area contributed by atoms with Crippen LogP contribution in [0.25, 0.3) is 17.4 Å². The van der Waals surface area contributed by atoms with Crippen molar-refractivity contribution in [3.63, 3.8) is 0 Å². The Balaban J connectivity index is 2.25. The summed E-state index contributed by atoms with van der Waals surface area (Å²) in [4.78, 5) is 11.6. The molecule has 1 aromatic heterocycles. The molecule has 0 aliphatic heterocycles. The van der Waals surface area contributed by atoms with E-state index in [9.17, 15) is 4.79 Å². The van der Waals surface area contributed by atoms with Crippen molar-refractivity contribution < 1.29 is 9.21 Å². The SMILES string of the molecule is CCNC(=O)/C(C#N)=C\c1ccc(-c2ccc(Cl)cc2)o1. The van der Waals surface area contributed by atoms with Crippen LogP contribution in [0.5, 0.6) is 0 Å². The number of carbonyl (C=O) groups excluding carboxylic acids is 1. The van der Waals surface area contributed by atoms with Crippen molar-refractivity contribution >= 4 is 23.6 Å². The fourth-order valence-corrected chi connectivity index (χ4v) is 1.87. The van der Waals surface area contributed by atoms with Crippen LogP contribution >= 0.6 is 11.6 Å². The Labute approximate surface area is 127 Å². The van der Waals surface area contributed by atoms with E-state index in [1.807, 2.05) is 18.2 Å². The third-order valence-corrected chi connectivity index (χ3v) is 3.00. The molecular weight excluding hydrogens is 288 g/mol. The van der Waals surface area contributed by atoms with Gasteiger partial charge in [0.2, 0.25) is 0 Å².